The Hall–Kier alpha value is -0.150. The van der Waals surface area contributed by atoms with Gasteiger partial charge in [-0.3, -0.25) is 9.29 Å². The molecule has 0 aromatic heterocycles. The Balaban J connectivity index is 2.46. The SMILES string of the molecule is CCCC1CN(CCCF)C(C)(C)CN1. The van der Waals surface area contributed by atoms with Crippen LogP contribution in [0.3, 0.4) is 0 Å². The van der Waals surface area contributed by atoms with Crippen LogP contribution in [0.25, 0.3) is 0 Å². The van der Waals surface area contributed by atoms with Crippen LogP contribution < -0.4 is 5.32 Å². The van der Waals surface area contributed by atoms with E-state index in [4.69, 9.17) is 0 Å². The predicted molar refractivity (Wildman–Crippen MR) is 62.9 cm³/mol. The van der Waals surface area contributed by atoms with Crippen molar-refractivity contribution in [3.8, 4) is 0 Å². The van der Waals surface area contributed by atoms with Crippen molar-refractivity contribution in [2.24, 2.45) is 0 Å². The van der Waals surface area contributed by atoms with Gasteiger partial charge in [-0.2, -0.15) is 0 Å². The molecule has 15 heavy (non-hydrogen) atoms. The Morgan fingerprint density at radius 2 is 2.20 bits per heavy atom. The van der Waals surface area contributed by atoms with Gasteiger partial charge in [0.2, 0.25) is 0 Å². The molecule has 0 radical (unpaired) electrons. The van der Waals surface area contributed by atoms with Crippen LogP contribution in [-0.4, -0.2) is 42.8 Å². The highest BCUT2D eigenvalue weighted by molar-refractivity contribution is 4.92. The summed E-state index contributed by atoms with van der Waals surface area (Å²) >= 11 is 0. The van der Waals surface area contributed by atoms with Crippen LogP contribution >= 0.6 is 0 Å². The first-order chi connectivity index (χ1) is 7.10. The summed E-state index contributed by atoms with van der Waals surface area (Å²) in [5.41, 5.74) is 0.180. The molecule has 2 nitrogen and oxygen atoms in total. The highest BCUT2D eigenvalue weighted by Gasteiger charge is 2.32. The van der Waals surface area contributed by atoms with E-state index >= 15 is 0 Å². The lowest BCUT2D eigenvalue weighted by Gasteiger charge is -2.46. The first kappa shape index (κ1) is 12.9. The summed E-state index contributed by atoms with van der Waals surface area (Å²) in [5, 5.41) is 3.58. The molecule has 3 heteroatoms. The minimum absolute atomic E-state index is 0.180. The Bertz CT molecular complexity index is 182. The van der Waals surface area contributed by atoms with E-state index in [-0.39, 0.29) is 12.2 Å². The maximum Gasteiger partial charge on any atom is 0.0906 e. The number of alkyl halides is 1. The van der Waals surface area contributed by atoms with E-state index in [1.165, 1.54) is 12.8 Å². The average Bonchev–Trinajstić information content (AvgIpc) is 2.19. The van der Waals surface area contributed by atoms with Gasteiger partial charge >= 0.3 is 0 Å². The molecule has 0 spiro atoms. The van der Waals surface area contributed by atoms with Gasteiger partial charge in [0.15, 0.2) is 0 Å². The van der Waals surface area contributed by atoms with Gasteiger partial charge in [-0.1, -0.05) is 13.3 Å². The molecular weight excluding hydrogens is 191 g/mol. The summed E-state index contributed by atoms with van der Waals surface area (Å²) in [5.74, 6) is 0. The maximum absolute atomic E-state index is 12.2. The van der Waals surface area contributed by atoms with Crippen molar-refractivity contribution in [3.63, 3.8) is 0 Å². The van der Waals surface area contributed by atoms with E-state index in [9.17, 15) is 4.39 Å². The fourth-order valence-electron chi connectivity index (χ4n) is 2.27. The van der Waals surface area contributed by atoms with Crippen LogP contribution in [0.2, 0.25) is 0 Å². The number of rotatable bonds is 5. The summed E-state index contributed by atoms with van der Waals surface area (Å²) in [4.78, 5) is 2.43. The lowest BCUT2D eigenvalue weighted by molar-refractivity contribution is 0.0610. The zero-order valence-corrected chi connectivity index (χ0v) is 10.4. The molecule has 1 unspecified atom stereocenters. The van der Waals surface area contributed by atoms with E-state index in [0.717, 1.165) is 19.6 Å². The predicted octanol–water partition coefficient (Wildman–Crippen LogP) is 2.20. The van der Waals surface area contributed by atoms with Gasteiger partial charge in [-0.05, 0) is 26.7 Å². The van der Waals surface area contributed by atoms with E-state index < -0.39 is 0 Å². The Morgan fingerprint density at radius 1 is 1.47 bits per heavy atom. The summed E-state index contributed by atoms with van der Waals surface area (Å²) < 4.78 is 12.2. The fraction of sp³-hybridized carbons (Fsp3) is 1.00. The minimum atomic E-state index is -0.196. The zero-order chi connectivity index (χ0) is 11.3. The molecule has 0 aromatic carbocycles. The van der Waals surface area contributed by atoms with Crippen molar-refractivity contribution in [2.75, 3.05) is 26.3 Å². The maximum atomic E-state index is 12.2. The van der Waals surface area contributed by atoms with E-state index in [1.807, 2.05) is 0 Å². The average molecular weight is 216 g/mol. The number of piperazine rings is 1. The van der Waals surface area contributed by atoms with Crippen LogP contribution in [0, 0.1) is 0 Å². The second-order valence-electron chi connectivity index (χ2n) is 5.17. The Labute approximate surface area is 93.2 Å². The third kappa shape index (κ3) is 3.72. The fourth-order valence-corrected chi connectivity index (χ4v) is 2.27. The topological polar surface area (TPSA) is 15.3 Å². The quantitative estimate of drug-likeness (QED) is 0.758. The highest BCUT2D eigenvalue weighted by atomic mass is 19.1. The van der Waals surface area contributed by atoms with Crippen molar-refractivity contribution in [3.05, 3.63) is 0 Å². The third-order valence-electron chi connectivity index (χ3n) is 3.32. The highest BCUT2D eigenvalue weighted by Crippen LogP contribution is 2.20. The number of nitrogens with one attached hydrogen (secondary N) is 1. The summed E-state index contributed by atoms with van der Waals surface area (Å²) in [6, 6.07) is 0.600. The molecule has 0 saturated carbocycles. The summed E-state index contributed by atoms with van der Waals surface area (Å²) in [6.07, 6.45) is 3.11. The van der Waals surface area contributed by atoms with Crippen molar-refractivity contribution < 1.29 is 4.39 Å². The molecule has 0 bridgehead atoms. The first-order valence-corrected chi connectivity index (χ1v) is 6.14. The van der Waals surface area contributed by atoms with Crippen molar-refractivity contribution >= 4 is 0 Å². The monoisotopic (exact) mass is 216 g/mol. The van der Waals surface area contributed by atoms with Gasteiger partial charge in [-0.25, -0.2) is 0 Å². The van der Waals surface area contributed by atoms with Crippen LogP contribution in [0.15, 0.2) is 0 Å². The van der Waals surface area contributed by atoms with Crippen LogP contribution in [0.1, 0.15) is 40.0 Å². The molecule has 0 aliphatic carbocycles. The molecular formula is C12H25FN2. The number of hydrogen-bond donors (Lipinski definition) is 1. The molecule has 90 valence electrons. The van der Waals surface area contributed by atoms with Gasteiger partial charge in [0.05, 0.1) is 6.67 Å². The molecule has 0 aromatic rings. The molecule has 1 aliphatic heterocycles. The molecule has 1 rings (SSSR count). The zero-order valence-electron chi connectivity index (χ0n) is 10.4. The summed E-state index contributed by atoms with van der Waals surface area (Å²) in [6.45, 7) is 9.47. The molecule has 1 saturated heterocycles. The van der Waals surface area contributed by atoms with E-state index in [2.05, 4.69) is 31.0 Å². The van der Waals surface area contributed by atoms with Crippen molar-refractivity contribution in [2.45, 2.75) is 51.6 Å². The first-order valence-electron chi connectivity index (χ1n) is 6.14. The molecule has 1 atom stereocenters. The number of halogens is 1. The van der Waals surface area contributed by atoms with Crippen LogP contribution in [0.4, 0.5) is 4.39 Å². The van der Waals surface area contributed by atoms with Crippen molar-refractivity contribution in [1.29, 1.82) is 0 Å². The molecule has 1 N–H and O–H groups in total. The second-order valence-corrected chi connectivity index (χ2v) is 5.17. The molecule has 1 aliphatic rings. The lowest BCUT2D eigenvalue weighted by Crippen LogP contribution is -2.62. The molecule has 1 fully saturated rings. The molecule has 0 amide bonds. The van der Waals surface area contributed by atoms with Gasteiger partial charge < -0.3 is 5.32 Å². The number of hydrogen-bond acceptors (Lipinski definition) is 2. The van der Waals surface area contributed by atoms with Gasteiger partial charge in [0.1, 0.15) is 0 Å². The largest absolute Gasteiger partial charge is 0.311 e. The third-order valence-corrected chi connectivity index (χ3v) is 3.32. The van der Waals surface area contributed by atoms with Gasteiger partial charge in [-0.15, -0.1) is 0 Å². The van der Waals surface area contributed by atoms with Crippen molar-refractivity contribution in [1.82, 2.24) is 10.2 Å². The van der Waals surface area contributed by atoms with Gasteiger partial charge in [0.25, 0.3) is 0 Å². The Kier molecular flexibility index (Phi) is 5.00. The lowest BCUT2D eigenvalue weighted by atomic mass is 9.95. The minimum Gasteiger partial charge on any atom is -0.311 e. The molecule has 1 heterocycles. The normalized spacial score (nSPS) is 26.8. The van der Waals surface area contributed by atoms with Crippen LogP contribution in [0.5, 0.6) is 0 Å². The second kappa shape index (κ2) is 5.80. The van der Waals surface area contributed by atoms with E-state index in [1.54, 1.807) is 0 Å². The van der Waals surface area contributed by atoms with E-state index in [0.29, 0.717) is 12.5 Å². The Morgan fingerprint density at radius 3 is 2.80 bits per heavy atom. The van der Waals surface area contributed by atoms with Crippen LogP contribution in [-0.2, 0) is 0 Å². The standard InChI is InChI=1S/C12H25FN2/c1-4-6-11-9-15(8-5-7-13)12(2,3)10-14-11/h11,14H,4-10H2,1-3H3. The van der Waals surface area contributed by atoms with Gasteiger partial charge in [0, 0.05) is 31.2 Å². The smallest absolute Gasteiger partial charge is 0.0906 e. The summed E-state index contributed by atoms with van der Waals surface area (Å²) in [7, 11) is 0. The number of nitrogens with zero attached hydrogens (tertiary/aromatic N) is 1.